The Morgan fingerprint density at radius 2 is 2.28 bits per heavy atom. The van der Waals surface area contributed by atoms with E-state index >= 15 is 0 Å². The van der Waals surface area contributed by atoms with Crippen LogP contribution in [0, 0.1) is 0 Å². The Morgan fingerprint density at radius 1 is 1.44 bits per heavy atom. The molecule has 0 aliphatic rings. The molecule has 0 fully saturated rings. The Kier molecular flexibility index (Phi) is 4.09. The van der Waals surface area contributed by atoms with E-state index in [4.69, 9.17) is 4.52 Å². The molecule has 0 saturated heterocycles. The van der Waals surface area contributed by atoms with Gasteiger partial charge >= 0.3 is 0 Å². The van der Waals surface area contributed by atoms with Gasteiger partial charge in [-0.3, -0.25) is 0 Å². The highest BCUT2D eigenvalue weighted by molar-refractivity contribution is 4.98. The third kappa shape index (κ3) is 2.95. The SMILES string of the molecule is CCNCc1nccn1Cc1noc(C(C)C)n1. The molecule has 0 unspecified atom stereocenters. The zero-order valence-corrected chi connectivity index (χ0v) is 11.1. The maximum atomic E-state index is 5.19. The first-order chi connectivity index (χ1) is 8.70. The van der Waals surface area contributed by atoms with Crippen molar-refractivity contribution in [1.82, 2.24) is 25.0 Å². The van der Waals surface area contributed by atoms with Crippen molar-refractivity contribution in [3.63, 3.8) is 0 Å². The summed E-state index contributed by atoms with van der Waals surface area (Å²) >= 11 is 0. The summed E-state index contributed by atoms with van der Waals surface area (Å²) in [7, 11) is 0. The van der Waals surface area contributed by atoms with Crippen LogP contribution in [0.3, 0.4) is 0 Å². The molecule has 0 atom stereocenters. The van der Waals surface area contributed by atoms with E-state index in [2.05, 4.69) is 27.4 Å². The van der Waals surface area contributed by atoms with Gasteiger partial charge in [0.05, 0.1) is 13.1 Å². The summed E-state index contributed by atoms with van der Waals surface area (Å²) in [4.78, 5) is 8.67. The van der Waals surface area contributed by atoms with Crippen LogP contribution in [-0.2, 0) is 13.1 Å². The van der Waals surface area contributed by atoms with Gasteiger partial charge in [0.25, 0.3) is 0 Å². The molecule has 2 aromatic rings. The van der Waals surface area contributed by atoms with E-state index in [1.807, 2.05) is 24.6 Å². The van der Waals surface area contributed by atoms with E-state index in [-0.39, 0.29) is 5.92 Å². The Morgan fingerprint density at radius 3 is 2.94 bits per heavy atom. The molecule has 0 spiro atoms. The average Bonchev–Trinajstić information content (AvgIpc) is 2.96. The van der Waals surface area contributed by atoms with Crippen molar-refractivity contribution in [2.24, 2.45) is 0 Å². The first-order valence-electron chi connectivity index (χ1n) is 6.24. The van der Waals surface area contributed by atoms with Crippen molar-refractivity contribution in [2.45, 2.75) is 39.8 Å². The highest BCUT2D eigenvalue weighted by Crippen LogP contribution is 2.11. The van der Waals surface area contributed by atoms with Crippen molar-refractivity contribution < 1.29 is 4.52 Å². The number of nitrogens with one attached hydrogen (secondary N) is 1. The summed E-state index contributed by atoms with van der Waals surface area (Å²) in [6.45, 7) is 8.40. The van der Waals surface area contributed by atoms with Crippen LogP contribution in [0.15, 0.2) is 16.9 Å². The minimum Gasteiger partial charge on any atom is -0.339 e. The first-order valence-corrected chi connectivity index (χ1v) is 6.24. The summed E-state index contributed by atoms with van der Waals surface area (Å²) in [6, 6.07) is 0. The summed E-state index contributed by atoms with van der Waals surface area (Å²) in [5.74, 6) is 2.61. The molecule has 0 aliphatic carbocycles. The largest absolute Gasteiger partial charge is 0.339 e. The molecule has 0 bridgehead atoms. The molecule has 6 nitrogen and oxygen atoms in total. The van der Waals surface area contributed by atoms with Crippen LogP contribution in [0.25, 0.3) is 0 Å². The van der Waals surface area contributed by atoms with Crippen LogP contribution in [0.2, 0.25) is 0 Å². The van der Waals surface area contributed by atoms with Crippen molar-refractivity contribution in [2.75, 3.05) is 6.54 Å². The van der Waals surface area contributed by atoms with Crippen LogP contribution in [0.4, 0.5) is 0 Å². The van der Waals surface area contributed by atoms with Gasteiger partial charge in [-0.25, -0.2) is 4.98 Å². The molecule has 2 aromatic heterocycles. The summed E-state index contributed by atoms with van der Waals surface area (Å²) in [5, 5.41) is 7.23. The molecule has 0 amide bonds. The predicted molar refractivity (Wildman–Crippen MR) is 67.1 cm³/mol. The smallest absolute Gasteiger partial charge is 0.229 e. The Bertz CT molecular complexity index is 488. The van der Waals surface area contributed by atoms with Crippen LogP contribution >= 0.6 is 0 Å². The minimum atomic E-state index is 0.260. The van der Waals surface area contributed by atoms with Crippen molar-refractivity contribution >= 4 is 0 Å². The van der Waals surface area contributed by atoms with E-state index in [0.29, 0.717) is 18.3 Å². The lowest BCUT2D eigenvalue weighted by Crippen LogP contribution is -2.16. The standard InChI is InChI=1S/C12H19N5O/c1-4-13-7-11-14-5-6-17(11)8-10-15-12(9(2)3)18-16-10/h5-6,9,13H,4,7-8H2,1-3H3. The minimum absolute atomic E-state index is 0.260. The number of aromatic nitrogens is 4. The lowest BCUT2D eigenvalue weighted by molar-refractivity contribution is 0.359. The Balaban J connectivity index is 2.06. The molecule has 6 heteroatoms. The van der Waals surface area contributed by atoms with Gasteiger partial charge in [0, 0.05) is 18.3 Å². The van der Waals surface area contributed by atoms with Crippen LogP contribution in [0.5, 0.6) is 0 Å². The van der Waals surface area contributed by atoms with Gasteiger partial charge < -0.3 is 14.4 Å². The second-order valence-corrected chi connectivity index (χ2v) is 4.46. The summed E-state index contributed by atoms with van der Waals surface area (Å²) in [5.41, 5.74) is 0. The molecule has 98 valence electrons. The molecule has 2 rings (SSSR count). The molecular weight excluding hydrogens is 230 g/mol. The number of rotatable bonds is 6. The maximum Gasteiger partial charge on any atom is 0.229 e. The summed E-state index contributed by atoms with van der Waals surface area (Å²) in [6.07, 6.45) is 3.72. The topological polar surface area (TPSA) is 68.8 Å². The molecule has 2 heterocycles. The molecular formula is C12H19N5O. The van der Waals surface area contributed by atoms with Gasteiger partial charge in [0.15, 0.2) is 5.82 Å². The highest BCUT2D eigenvalue weighted by Gasteiger charge is 2.11. The molecule has 1 N–H and O–H groups in total. The second-order valence-electron chi connectivity index (χ2n) is 4.46. The van der Waals surface area contributed by atoms with Gasteiger partial charge in [-0.15, -0.1) is 0 Å². The fourth-order valence-corrected chi connectivity index (χ4v) is 1.61. The quantitative estimate of drug-likeness (QED) is 0.841. The fraction of sp³-hybridized carbons (Fsp3) is 0.583. The van der Waals surface area contributed by atoms with Gasteiger partial charge in [-0.05, 0) is 6.54 Å². The molecule has 0 aliphatic heterocycles. The second kappa shape index (κ2) is 5.77. The van der Waals surface area contributed by atoms with Crippen molar-refractivity contribution in [3.8, 4) is 0 Å². The van der Waals surface area contributed by atoms with Crippen molar-refractivity contribution in [1.29, 1.82) is 0 Å². The third-order valence-electron chi connectivity index (χ3n) is 2.62. The number of hydrogen-bond donors (Lipinski definition) is 1. The van der Waals surface area contributed by atoms with Gasteiger partial charge in [0.2, 0.25) is 5.89 Å². The van der Waals surface area contributed by atoms with Gasteiger partial charge in [-0.1, -0.05) is 25.9 Å². The molecule has 0 saturated carbocycles. The average molecular weight is 249 g/mol. The Hall–Kier alpha value is -1.69. The van der Waals surface area contributed by atoms with Crippen LogP contribution in [0.1, 0.15) is 44.2 Å². The zero-order chi connectivity index (χ0) is 13.0. The lowest BCUT2D eigenvalue weighted by atomic mass is 10.2. The third-order valence-corrected chi connectivity index (χ3v) is 2.62. The van der Waals surface area contributed by atoms with E-state index in [0.717, 1.165) is 18.9 Å². The zero-order valence-electron chi connectivity index (χ0n) is 11.1. The first kappa shape index (κ1) is 12.8. The van der Waals surface area contributed by atoms with E-state index < -0.39 is 0 Å². The normalized spacial score (nSPS) is 11.3. The van der Waals surface area contributed by atoms with Crippen molar-refractivity contribution in [3.05, 3.63) is 29.9 Å². The molecule has 0 radical (unpaired) electrons. The molecule has 0 aromatic carbocycles. The van der Waals surface area contributed by atoms with Crippen LogP contribution < -0.4 is 5.32 Å². The number of hydrogen-bond acceptors (Lipinski definition) is 5. The fourth-order valence-electron chi connectivity index (χ4n) is 1.61. The van der Waals surface area contributed by atoms with E-state index in [1.165, 1.54) is 0 Å². The maximum absolute atomic E-state index is 5.19. The van der Waals surface area contributed by atoms with E-state index in [1.54, 1.807) is 6.20 Å². The van der Waals surface area contributed by atoms with E-state index in [9.17, 15) is 0 Å². The van der Waals surface area contributed by atoms with Gasteiger partial charge in [0.1, 0.15) is 5.82 Å². The van der Waals surface area contributed by atoms with Gasteiger partial charge in [-0.2, -0.15) is 4.98 Å². The predicted octanol–water partition coefficient (Wildman–Crippen LogP) is 1.55. The lowest BCUT2D eigenvalue weighted by Gasteiger charge is -2.05. The Labute approximate surface area is 106 Å². The van der Waals surface area contributed by atoms with Crippen LogP contribution in [-0.4, -0.2) is 26.2 Å². The molecule has 18 heavy (non-hydrogen) atoms. The monoisotopic (exact) mass is 249 g/mol. The number of imidazole rings is 1. The summed E-state index contributed by atoms with van der Waals surface area (Å²) < 4.78 is 7.21. The highest BCUT2D eigenvalue weighted by atomic mass is 16.5. The number of nitrogens with zero attached hydrogens (tertiary/aromatic N) is 4.